The molecule has 22 heavy (non-hydrogen) atoms. The molecule has 0 radical (unpaired) electrons. The van der Waals surface area contributed by atoms with Gasteiger partial charge in [0, 0.05) is 10.7 Å². The average Bonchev–Trinajstić information content (AvgIpc) is 2.49. The van der Waals surface area contributed by atoms with Crippen molar-refractivity contribution in [1.82, 2.24) is 0 Å². The van der Waals surface area contributed by atoms with Gasteiger partial charge in [-0.1, -0.05) is 17.7 Å². The zero-order valence-corrected chi connectivity index (χ0v) is 13.3. The molecule has 0 aliphatic rings. The quantitative estimate of drug-likeness (QED) is 0.870. The second-order valence-corrected chi connectivity index (χ2v) is 5.10. The number of hydrogen-bond donors (Lipinski definition) is 1. The summed E-state index contributed by atoms with van der Waals surface area (Å²) < 4.78 is 11.0. The molecule has 0 saturated carbocycles. The highest BCUT2D eigenvalue weighted by molar-refractivity contribution is 6.30. The lowest BCUT2D eigenvalue weighted by molar-refractivity contribution is -0.122. The molecule has 2 aromatic carbocycles. The first kappa shape index (κ1) is 16.2. The maximum atomic E-state index is 12.1. The smallest absolute Gasteiger partial charge is 0.265 e. The van der Waals surface area contributed by atoms with Crippen LogP contribution in [0.1, 0.15) is 13.8 Å². The molecule has 1 unspecified atom stereocenters. The second-order valence-electron chi connectivity index (χ2n) is 4.66. The first-order valence-corrected chi connectivity index (χ1v) is 7.42. The fraction of sp³-hybridized carbons (Fsp3) is 0.235. The van der Waals surface area contributed by atoms with Gasteiger partial charge in [0.15, 0.2) is 6.10 Å². The van der Waals surface area contributed by atoms with Crippen LogP contribution in [-0.2, 0) is 4.79 Å². The van der Waals surface area contributed by atoms with Crippen LogP contribution in [0.25, 0.3) is 0 Å². The first-order chi connectivity index (χ1) is 10.6. The molecule has 116 valence electrons. The van der Waals surface area contributed by atoms with Crippen LogP contribution < -0.4 is 14.8 Å². The highest BCUT2D eigenvalue weighted by atomic mass is 35.5. The monoisotopic (exact) mass is 319 g/mol. The Hall–Kier alpha value is -2.20. The minimum Gasteiger partial charge on any atom is -0.494 e. The van der Waals surface area contributed by atoms with Crippen molar-refractivity contribution in [2.75, 3.05) is 11.9 Å². The van der Waals surface area contributed by atoms with Gasteiger partial charge in [0.05, 0.1) is 6.61 Å². The van der Waals surface area contributed by atoms with E-state index in [1.807, 2.05) is 6.92 Å². The average molecular weight is 320 g/mol. The molecule has 2 rings (SSSR count). The van der Waals surface area contributed by atoms with Crippen molar-refractivity contribution in [2.24, 2.45) is 0 Å². The molecule has 0 spiro atoms. The fourth-order valence-electron chi connectivity index (χ4n) is 1.85. The van der Waals surface area contributed by atoms with Crippen LogP contribution in [0.4, 0.5) is 5.69 Å². The maximum absolute atomic E-state index is 12.1. The summed E-state index contributed by atoms with van der Waals surface area (Å²) in [7, 11) is 0. The molecule has 2 aromatic rings. The largest absolute Gasteiger partial charge is 0.494 e. The number of benzene rings is 2. The topological polar surface area (TPSA) is 47.6 Å². The van der Waals surface area contributed by atoms with E-state index in [9.17, 15) is 4.79 Å². The summed E-state index contributed by atoms with van der Waals surface area (Å²) in [5.41, 5.74) is 0.639. The Balaban J connectivity index is 1.93. The molecule has 0 bridgehead atoms. The molecule has 4 nitrogen and oxygen atoms in total. The summed E-state index contributed by atoms with van der Waals surface area (Å²) in [6.45, 7) is 4.22. The number of carbonyl (C=O) groups excluding carboxylic acids is 1. The van der Waals surface area contributed by atoms with Crippen LogP contribution in [-0.4, -0.2) is 18.6 Å². The summed E-state index contributed by atoms with van der Waals surface area (Å²) in [6.07, 6.45) is -0.628. The second kappa shape index (κ2) is 7.71. The molecule has 5 heteroatoms. The number of amides is 1. The van der Waals surface area contributed by atoms with Crippen LogP contribution in [0, 0.1) is 0 Å². The van der Waals surface area contributed by atoms with E-state index < -0.39 is 6.10 Å². The molecule has 0 aromatic heterocycles. The lowest BCUT2D eigenvalue weighted by Gasteiger charge is -2.15. The number of hydrogen-bond acceptors (Lipinski definition) is 3. The van der Waals surface area contributed by atoms with Gasteiger partial charge in [-0.25, -0.2) is 0 Å². The zero-order chi connectivity index (χ0) is 15.9. The Bertz CT molecular complexity index is 628. The maximum Gasteiger partial charge on any atom is 0.265 e. The summed E-state index contributed by atoms with van der Waals surface area (Å²) in [5, 5.41) is 3.33. The summed E-state index contributed by atoms with van der Waals surface area (Å²) >= 11 is 5.88. The lowest BCUT2D eigenvalue weighted by atomic mass is 10.3. The Morgan fingerprint density at radius 1 is 1.18 bits per heavy atom. The van der Waals surface area contributed by atoms with E-state index in [-0.39, 0.29) is 5.91 Å². The van der Waals surface area contributed by atoms with Crippen LogP contribution >= 0.6 is 11.6 Å². The zero-order valence-electron chi connectivity index (χ0n) is 12.5. The number of ether oxygens (including phenoxy) is 2. The van der Waals surface area contributed by atoms with Crippen molar-refractivity contribution in [3.05, 3.63) is 53.6 Å². The number of nitrogens with one attached hydrogen (secondary N) is 1. The Morgan fingerprint density at radius 3 is 2.50 bits per heavy atom. The van der Waals surface area contributed by atoms with Gasteiger partial charge in [0.1, 0.15) is 11.5 Å². The van der Waals surface area contributed by atoms with Crippen molar-refractivity contribution >= 4 is 23.2 Å². The molecule has 1 N–H and O–H groups in total. The first-order valence-electron chi connectivity index (χ1n) is 7.04. The van der Waals surface area contributed by atoms with Gasteiger partial charge in [0.2, 0.25) is 0 Å². The molecule has 0 heterocycles. The molecule has 1 amide bonds. The highest BCUT2D eigenvalue weighted by Gasteiger charge is 2.15. The van der Waals surface area contributed by atoms with Gasteiger partial charge in [-0.2, -0.15) is 0 Å². The van der Waals surface area contributed by atoms with E-state index in [4.69, 9.17) is 21.1 Å². The Morgan fingerprint density at radius 2 is 1.86 bits per heavy atom. The number of halogens is 1. The summed E-state index contributed by atoms with van der Waals surface area (Å²) in [4.78, 5) is 12.1. The lowest BCUT2D eigenvalue weighted by Crippen LogP contribution is -2.30. The Kier molecular flexibility index (Phi) is 5.67. The van der Waals surface area contributed by atoms with Gasteiger partial charge in [-0.15, -0.1) is 0 Å². The fourth-order valence-corrected chi connectivity index (χ4v) is 2.04. The molecule has 1 atom stereocenters. The van der Waals surface area contributed by atoms with Crippen LogP contribution in [0.3, 0.4) is 0 Å². The van der Waals surface area contributed by atoms with E-state index in [0.717, 1.165) is 5.75 Å². The standard InChI is InChI=1S/C17H18ClNO3/c1-3-21-15-7-9-16(10-8-15)22-12(2)17(20)19-14-6-4-5-13(18)11-14/h4-12H,3H2,1-2H3,(H,19,20). The van der Waals surface area contributed by atoms with E-state index in [0.29, 0.717) is 23.1 Å². The number of carbonyl (C=O) groups is 1. The van der Waals surface area contributed by atoms with Crippen molar-refractivity contribution < 1.29 is 14.3 Å². The minimum absolute atomic E-state index is 0.240. The molecular weight excluding hydrogens is 302 g/mol. The third kappa shape index (κ3) is 4.67. The third-order valence-electron chi connectivity index (χ3n) is 2.91. The molecule has 0 aliphatic heterocycles. The molecule has 0 saturated heterocycles. The summed E-state index contributed by atoms with van der Waals surface area (Å²) in [6, 6.07) is 14.1. The highest BCUT2D eigenvalue weighted by Crippen LogP contribution is 2.19. The molecule has 0 aliphatic carbocycles. The van der Waals surface area contributed by atoms with Crippen LogP contribution in [0.15, 0.2) is 48.5 Å². The van der Waals surface area contributed by atoms with E-state index in [1.54, 1.807) is 55.5 Å². The van der Waals surface area contributed by atoms with Crippen molar-refractivity contribution in [3.63, 3.8) is 0 Å². The normalized spacial score (nSPS) is 11.6. The van der Waals surface area contributed by atoms with E-state index in [1.165, 1.54) is 0 Å². The molecule has 0 fully saturated rings. The summed E-state index contributed by atoms with van der Waals surface area (Å²) in [5.74, 6) is 1.14. The van der Waals surface area contributed by atoms with Gasteiger partial charge < -0.3 is 14.8 Å². The number of rotatable bonds is 6. The van der Waals surface area contributed by atoms with Crippen LogP contribution in [0.5, 0.6) is 11.5 Å². The van der Waals surface area contributed by atoms with E-state index >= 15 is 0 Å². The number of anilines is 1. The minimum atomic E-state index is -0.628. The van der Waals surface area contributed by atoms with Gasteiger partial charge in [-0.05, 0) is 56.3 Å². The van der Waals surface area contributed by atoms with Crippen LogP contribution in [0.2, 0.25) is 5.02 Å². The van der Waals surface area contributed by atoms with Gasteiger partial charge in [-0.3, -0.25) is 4.79 Å². The predicted molar refractivity (Wildman–Crippen MR) is 87.8 cm³/mol. The van der Waals surface area contributed by atoms with E-state index in [2.05, 4.69) is 5.32 Å². The predicted octanol–water partition coefficient (Wildman–Crippen LogP) is 4.14. The van der Waals surface area contributed by atoms with Crippen molar-refractivity contribution in [1.29, 1.82) is 0 Å². The van der Waals surface area contributed by atoms with Crippen molar-refractivity contribution in [2.45, 2.75) is 20.0 Å². The SMILES string of the molecule is CCOc1ccc(OC(C)C(=O)Nc2cccc(Cl)c2)cc1. The third-order valence-corrected chi connectivity index (χ3v) is 3.14. The molecular formula is C17H18ClNO3. The van der Waals surface area contributed by atoms with Gasteiger partial charge >= 0.3 is 0 Å². The Labute approximate surface area is 135 Å². The van der Waals surface area contributed by atoms with Gasteiger partial charge in [0.25, 0.3) is 5.91 Å². The van der Waals surface area contributed by atoms with Crippen molar-refractivity contribution in [3.8, 4) is 11.5 Å².